The number of fused-ring (bicyclic) bond motifs is 1. The lowest BCUT2D eigenvalue weighted by Crippen LogP contribution is -2.08. The molecule has 146 valence electrons. The minimum atomic E-state index is 0.352. The summed E-state index contributed by atoms with van der Waals surface area (Å²) >= 11 is 0. The molecule has 1 unspecified atom stereocenters. The lowest BCUT2D eigenvalue weighted by atomic mass is 10.1. The zero-order valence-corrected chi connectivity index (χ0v) is 16.7. The van der Waals surface area contributed by atoms with Crippen LogP contribution < -0.4 is 4.74 Å². The molecule has 2 rings (SSSR count). The first kappa shape index (κ1) is 21.1. The first-order chi connectivity index (χ1) is 13.2. The molecule has 0 aliphatic carbocycles. The lowest BCUT2D eigenvalue weighted by Gasteiger charge is -2.12. The van der Waals surface area contributed by atoms with Gasteiger partial charge in [-0.15, -0.1) is 0 Å². The minimum absolute atomic E-state index is 0.352. The van der Waals surface area contributed by atoms with Crippen LogP contribution >= 0.6 is 0 Å². The van der Waals surface area contributed by atoms with E-state index in [1.165, 1.54) is 19.3 Å². The smallest absolute Gasteiger partial charge is 0.317 e. The summed E-state index contributed by atoms with van der Waals surface area (Å²) in [6, 6.07) is 6.56. The highest BCUT2D eigenvalue weighted by Gasteiger charge is 2.02. The largest absolute Gasteiger partial charge is 0.459 e. The van der Waals surface area contributed by atoms with E-state index in [0.717, 1.165) is 42.3 Å². The lowest BCUT2D eigenvalue weighted by molar-refractivity contribution is 0.0566. The van der Waals surface area contributed by atoms with Crippen molar-refractivity contribution in [1.29, 1.82) is 0 Å². The van der Waals surface area contributed by atoms with Gasteiger partial charge in [0.1, 0.15) is 6.61 Å². The van der Waals surface area contributed by atoms with Gasteiger partial charge in [0.25, 0.3) is 0 Å². The van der Waals surface area contributed by atoms with Crippen LogP contribution in [0.5, 0.6) is 6.01 Å². The molecule has 1 heterocycles. The molecule has 4 nitrogen and oxygen atoms in total. The summed E-state index contributed by atoms with van der Waals surface area (Å²) in [7, 11) is 0. The second-order valence-corrected chi connectivity index (χ2v) is 6.79. The van der Waals surface area contributed by atoms with Crippen molar-refractivity contribution in [1.82, 2.24) is 9.97 Å². The van der Waals surface area contributed by atoms with Crippen LogP contribution in [0.25, 0.3) is 17.0 Å². The van der Waals surface area contributed by atoms with E-state index >= 15 is 0 Å². The van der Waals surface area contributed by atoms with E-state index in [4.69, 9.17) is 9.47 Å². The molecule has 0 bridgehead atoms. The molecule has 0 aliphatic heterocycles. The van der Waals surface area contributed by atoms with Gasteiger partial charge in [0.05, 0.1) is 11.6 Å². The van der Waals surface area contributed by atoms with Crippen LogP contribution in [-0.2, 0) is 4.74 Å². The van der Waals surface area contributed by atoms with Crippen molar-refractivity contribution < 1.29 is 9.47 Å². The molecule has 0 N–H and O–H groups in total. The second-order valence-electron chi connectivity index (χ2n) is 6.79. The van der Waals surface area contributed by atoms with Crippen molar-refractivity contribution in [3.05, 3.63) is 48.7 Å². The molecule has 27 heavy (non-hydrogen) atoms. The van der Waals surface area contributed by atoms with Gasteiger partial charge in [-0.3, -0.25) is 0 Å². The van der Waals surface area contributed by atoms with Gasteiger partial charge in [-0.1, -0.05) is 50.6 Å². The normalized spacial score (nSPS) is 12.5. The fraction of sp³-hybridized carbons (Fsp3) is 0.478. The highest BCUT2D eigenvalue weighted by atomic mass is 16.5. The first-order valence-electron chi connectivity index (χ1n) is 10.0. The third-order valence-corrected chi connectivity index (χ3v) is 4.35. The van der Waals surface area contributed by atoms with Crippen LogP contribution in [-0.4, -0.2) is 29.3 Å². The Kier molecular flexibility index (Phi) is 9.56. The summed E-state index contributed by atoms with van der Waals surface area (Å²) in [5.74, 6) is 0. The monoisotopic (exact) mass is 368 g/mol. The molecular formula is C23H32N2O2. The second kappa shape index (κ2) is 12.2. The number of benzene rings is 1. The van der Waals surface area contributed by atoms with Gasteiger partial charge in [-0.25, -0.2) is 4.98 Å². The van der Waals surface area contributed by atoms with Gasteiger partial charge in [-0.2, -0.15) is 4.98 Å². The number of hydrogen-bond acceptors (Lipinski definition) is 4. The molecule has 0 saturated carbocycles. The third kappa shape index (κ3) is 7.92. The maximum atomic E-state index is 5.84. The van der Waals surface area contributed by atoms with Gasteiger partial charge in [0.15, 0.2) is 0 Å². The Morgan fingerprint density at radius 2 is 2.11 bits per heavy atom. The van der Waals surface area contributed by atoms with E-state index in [0.29, 0.717) is 18.7 Å². The number of aromatic nitrogens is 2. The van der Waals surface area contributed by atoms with E-state index in [-0.39, 0.29) is 0 Å². The maximum Gasteiger partial charge on any atom is 0.317 e. The summed E-state index contributed by atoms with van der Waals surface area (Å²) in [5, 5.41) is 1.01. The maximum absolute atomic E-state index is 5.84. The van der Waals surface area contributed by atoms with E-state index < -0.39 is 0 Å². The Balaban J connectivity index is 1.76. The van der Waals surface area contributed by atoms with Gasteiger partial charge >= 0.3 is 6.01 Å². The minimum Gasteiger partial charge on any atom is -0.459 e. The fourth-order valence-electron chi connectivity index (χ4n) is 2.80. The standard InChI is InChI=1S/C23H32N2O2/c1-4-6-10-16-26-19(3)11-8-7-9-12-20-13-14-22-21(17-20)18-24-23(25-22)27-15-5-2/h5,9,12-14,17-19H,2,4,6-8,10-11,15-16H2,1,3H3. The van der Waals surface area contributed by atoms with Crippen LogP contribution in [0.1, 0.15) is 57.9 Å². The van der Waals surface area contributed by atoms with Crippen molar-refractivity contribution in [2.75, 3.05) is 13.2 Å². The van der Waals surface area contributed by atoms with E-state index in [2.05, 4.69) is 54.7 Å². The molecule has 1 atom stereocenters. The first-order valence-corrected chi connectivity index (χ1v) is 10.0. The summed E-state index contributed by atoms with van der Waals surface area (Å²) in [5.41, 5.74) is 2.05. The number of allylic oxidation sites excluding steroid dienone is 1. The Labute approximate surface area is 163 Å². The Bertz CT molecular complexity index is 727. The van der Waals surface area contributed by atoms with Crippen molar-refractivity contribution in [3.63, 3.8) is 0 Å². The third-order valence-electron chi connectivity index (χ3n) is 4.35. The summed E-state index contributed by atoms with van der Waals surface area (Å²) in [6.07, 6.45) is 15.2. The SMILES string of the molecule is C=CCOc1ncc2cc(C=CCCCC(C)OCCCCC)ccc2n1. The van der Waals surface area contributed by atoms with Crippen molar-refractivity contribution in [2.24, 2.45) is 0 Å². The average Bonchev–Trinajstić information content (AvgIpc) is 2.69. The fourth-order valence-corrected chi connectivity index (χ4v) is 2.80. The molecule has 1 aromatic carbocycles. The highest BCUT2D eigenvalue weighted by Crippen LogP contribution is 2.17. The molecule has 0 aliphatic rings. The molecule has 0 amide bonds. The molecular weight excluding hydrogens is 336 g/mol. The van der Waals surface area contributed by atoms with Crippen molar-refractivity contribution in [2.45, 2.75) is 58.5 Å². The van der Waals surface area contributed by atoms with Gasteiger partial charge < -0.3 is 9.47 Å². The van der Waals surface area contributed by atoms with E-state index in [1.54, 1.807) is 12.3 Å². The van der Waals surface area contributed by atoms with Gasteiger partial charge in [0, 0.05) is 18.2 Å². The zero-order valence-electron chi connectivity index (χ0n) is 16.7. The summed E-state index contributed by atoms with van der Waals surface area (Å²) < 4.78 is 11.2. The Hall–Kier alpha value is -2.20. The number of ether oxygens (including phenoxy) is 2. The van der Waals surface area contributed by atoms with Crippen LogP contribution in [0.3, 0.4) is 0 Å². The van der Waals surface area contributed by atoms with Crippen molar-refractivity contribution in [3.8, 4) is 6.01 Å². The summed E-state index contributed by atoms with van der Waals surface area (Å²) in [6.45, 7) is 9.32. The molecule has 1 aromatic heterocycles. The number of nitrogens with zero attached hydrogens (tertiary/aromatic N) is 2. The van der Waals surface area contributed by atoms with E-state index in [1.807, 2.05) is 6.07 Å². The predicted molar refractivity (Wildman–Crippen MR) is 113 cm³/mol. The number of unbranched alkanes of at least 4 members (excludes halogenated alkanes) is 3. The van der Waals surface area contributed by atoms with Crippen LogP contribution in [0.4, 0.5) is 0 Å². The van der Waals surface area contributed by atoms with Crippen LogP contribution in [0, 0.1) is 0 Å². The zero-order chi connectivity index (χ0) is 19.3. The molecule has 0 radical (unpaired) electrons. The van der Waals surface area contributed by atoms with E-state index in [9.17, 15) is 0 Å². The van der Waals surface area contributed by atoms with Crippen LogP contribution in [0.2, 0.25) is 0 Å². The molecule has 0 saturated heterocycles. The molecule has 0 fully saturated rings. The summed E-state index contributed by atoms with van der Waals surface area (Å²) in [4.78, 5) is 8.63. The highest BCUT2D eigenvalue weighted by molar-refractivity contribution is 5.80. The van der Waals surface area contributed by atoms with Gasteiger partial charge in [-0.05, 0) is 50.3 Å². The predicted octanol–water partition coefficient (Wildman–Crippen LogP) is 5.97. The number of hydrogen-bond donors (Lipinski definition) is 0. The molecule has 2 aromatic rings. The molecule has 4 heteroatoms. The topological polar surface area (TPSA) is 44.2 Å². The Morgan fingerprint density at radius 1 is 1.22 bits per heavy atom. The Morgan fingerprint density at radius 3 is 2.93 bits per heavy atom. The van der Waals surface area contributed by atoms with Crippen molar-refractivity contribution >= 4 is 17.0 Å². The number of rotatable bonds is 13. The average molecular weight is 369 g/mol. The quantitative estimate of drug-likeness (QED) is 0.322. The molecule has 0 spiro atoms. The van der Waals surface area contributed by atoms with Crippen LogP contribution in [0.15, 0.2) is 43.1 Å². The van der Waals surface area contributed by atoms with Gasteiger partial charge in [0.2, 0.25) is 0 Å².